The lowest BCUT2D eigenvalue weighted by Crippen LogP contribution is -2.40. The third-order valence-corrected chi connectivity index (χ3v) is 3.74. The Morgan fingerprint density at radius 1 is 1.43 bits per heavy atom. The number of methoxy groups -OCH3 is 1. The van der Waals surface area contributed by atoms with Crippen molar-refractivity contribution in [2.75, 3.05) is 20.3 Å². The molecule has 3 heterocycles. The number of carbonyl (C=O) groups excluding carboxylic acids is 1. The van der Waals surface area contributed by atoms with Gasteiger partial charge in [-0.2, -0.15) is 15.3 Å². The van der Waals surface area contributed by atoms with Gasteiger partial charge in [0.05, 0.1) is 36.5 Å². The highest BCUT2D eigenvalue weighted by atomic mass is 16.5. The van der Waals surface area contributed by atoms with Gasteiger partial charge in [-0.05, 0) is 6.07 Å². The molecular weight excluding hydrogens is 270 g/mol. The van der Waals surface area contributed by atoms with E-state index in [4.69, 9.17) is 4.74 Å². The SMILES string of the molecule is COCC1CN(C(=O)c2ccnnc2)Cc2cnn(C)c21. The summed E-state index contributed by atoms with van der Waals surface area (Å²) in [7, 11) is 3.59. The largest absolute Gasteiger partial charge is 0.384 e. The van der Waals surface area contributed by atoms with Crippen LogP contribution in [0.15, 0.2) is 24.7 Å². The van der Waals surface area contributed by atoms with E-state index in [2.05, 4.69) is 15.3 Å². The molecule has 3 rings (SSSR count). The van der Waals surface area contributed by atoms with Gasteiger partial charge in [0.25, 0.3) is 5.91 Å². The standard InChI is InChI=1S/C14H17N5O2/c1-18-13-11(6-17-18)7-19(8-12(13)9-21-2)14(20)10-3-4-15-16-5-10/h3-6,12H,7-9H2,1-2H3. The van der Waals surface area contributed by atoms with Crippen molar-refractivity contribution in [3.05, 3.63) is 41.5 Å². The fraction of sp³-hybridized carbons (Fsp3) is 0.429. The molecule has 0 saturated heterocycles. The van der Waals surface area contributed by atoms with E-state index in [0.717, 1.165) is 11.3 Å². The molecule has 1 aliphatic heterocycles. The number of fused-ring (bicyclic) bond motifs is 1. The molecule has 1 unspecified atom stereocenters. The van der Waals surface area contributed by atoms with Crippen LogP contribution in [0.5, 0.6) is 0 Å². The number of aryl methyl sites for hydroxylation is 1. The first kappa shape index (κ1) is 13.7. The van der Waals surface area contributed by atoms with E-state index < -0.39 is 0 Å². The number of rotatable bonds is 3. The van der Waals surface area contributed by atoms with Crippen molar-refractivity contribution in [1.29, 1.82) is 0 Å². The van der Waals surface area contributed by atoms with Crippen molar-refractivity contribution in [2.45, 2.75) is 12.5 Å². The predicted octanol–water partition coefficient (Wildman–Crippen LogP) is 0.596. The van der Waals surface area contributed by atoms with E-state index in [-0.39, 0.29) is 11.8 Å². The van der Waals surface area contributed by atoms with Gasteiger partial charge in [-0.15, -0.1) is 0 Å². The Kier molecular flexibility index (Phi) is 3.66. The quantitative estimate of drug-likeness (QED) is 0.826. The van der Waals surface area contributed by atoms with Crippen LogP contribution in [-0.4, -0.2) is 51.0 Å². The van der Waals surface area contributed by atoms with Gasteiger partial charge in [-0.25, -0.2) is 0 Å². The van der Waals surface area contributed by atoms with Gasteiger partial charge in [-0.3, -0.25) is 9.48 Å². The van der Waals surface area contributed by atoms with Crippen LogP contribution in [0, 0.1) is 0 Å². The second-order valence-electron chi connectivity index (χ2n) is 5.15. The summed E-state index contributed by atoms with van der Waals surface area (Å²) >= 11 is 0. The second kappa shape index (κ2) is 5.61. The van der Waals surface area contributed by atoms with Crippen LogP contribution in [0.3, 0.4) is 0 Å². The fourth-order valence-electron chi connectivity index (χ4n) is 2.85. The average molecular weight is 287 g/mol. The zero-order valence-corrected chi connectivity index (χ0v) is 12.1. The molecule has 2 aromatic rings. The predicted molar refractivity (Wildman–Crippen MR) is 74.6 cm³/mol. The van der Waals surface area contributed by atoms with Crippen molar-refractivity contribution >= 4 is 5.91 Å². The van der Waals surface area contributed by atoms with Gasteiger partial charge in [0.1, 0.15) is 0 Å². The summed E-state index contributed by atoms with van der Waals surface area (Å²) < 4.78 is 7.16. The van der Waals surface area contributed by atoms with E-state index in [1.54, 1.807) is 13.2 Å². The minimum atomic E-state index is -0.0412. The lowest BCUT2D eigenvalue weighted by molar-refractivity contribution is 0.0675. The third-order valence-electron chi connectivity index (χ3n) is 3.74. The molecule has 110 valence electrons. The highest BCUT2D eigenvalue weighted by Crippen LogP contribution is 2.28. The highest BCUT2D eigenvalue weighted by Gasteiger charge is 2.31. The first-order chi connectivity index (χ1) is 10.2. The Bertz CT molecular complexity index is 640. The molecule has 0 aromatic carbocycles. The summed E-state index contributed by atoms with van der Waals surface area (Å²) in [6.45, 7) is 1.73. The summed E-state index contributed by atoms with van der Waals surface area (Å²) in [6.07, 6.45) is 4.84. The lowest BCUT2D eigenvalue weighted by Gasteiger charge is -2.32. The van der Waals surface area contributed by atoms with E-state index in [1.165, 1.54) is 12.4 Å². The minimum absolute atomic E-state index is 0.0412. The van der Waals surface area contributed by atoms with Crippen LogP contribution in [0.4, 0.5) is 0 Å². The van der Waals surface area contributed by atoms with Crippen LogP contribution in [0.1, 0.15) is 27.5 Å². The lowest BCUT2D eigenvalue weighted by atomic mass is 9.96. The first-order valence-corrected chi connectivity index (χ1v) is 6.76. The van der Waals surface area contributed by atoms with Crippen LogP contribution < -0.4 is 0 Å². The molecule has 1 amide bonds. The molecule has 1 atom stereocenters. The van der Waals surface area contributed by atoms with Crippen molar-refractivity contribution in [2.24, 2.45) is 7.05 Å². The molecule has 0 saturated carbocycles. The topological polar surface area (TPSA) is 73.1 Å². The number of hydrogen-bond acceptors (Lipinski definition) is 5. The summed E-state index contributed by atoms with van der Waals surface area (Å²) in [5.74, 6) is 0.0884. The maximum Gasteiger partial charge on any atom is 0.255 e. The monoisotopic (exact) mass is 287 g/mol. The van der Waals surface area contributed by atoms with E-state index in [0.29, 0.717) is 25.3 Å². The molecule has 0 bridgehead atoms. The van der Waals surface area contributed by atoms with E-state index in [1.807, 2.05) is 22.8 Å². The van der Waals surface area contributed by atoms with Gasteiger partial charge in [0, 0.05) is 38.7 Å². The molecule has 0 fully saturated rings. The fourth-order valence-corrected chi connectivity index (χ4v) is 2.85. The zero-order chi connectivity index (χ0) is 14.8. The highest BCUT2D eigenvalue weighted by molar-refractivity contribution is 5.93. The van der Waals surface area contributed by atoms with Gasteiger partial charge in [0.15, 0.2) is 0 Å². The van der Waals surface area contributed by atoms with Crippen molar-refractivity contribution in [3.63, 3.8) is 0 Å². The maximum absolute atomic E-state index is 12.6. The average Bonchev–Trinajstić information content (AvgIpc) is 2.89. The zero-order valence-electron chi connectivity index (χ0n) is 12.1. The number of carbonyl (C=O) groups is 1. The van der Waals surface area contributed by atoms with Crippen molar-refractivity contribution < 1.29 is 9.53 Å². The van der Waals surface area contributed by atoms with Crippen LogP contribution >= 0.6 is 0 Å². The first-order valence-electron chi connectivity index (χ1n) is 6.76. The normalized spacial score (nSPS) is 17.6. The smallest absolute Gasteiger partial charge is 0.255 e. The number of amides is 1. The van der Waals surface area contributed by atoms with Crippen molar-refractivity contribution in [3.8, 4) is 0 Å². The summed E-state index contributed by atoms with van der Waals surface area (Å²) in [4.78, 5) is 14.4. The van der Waals surface area contributed by atoms with Crippen molar-refractivity contribution in [1.82, 2.24) is 24.9 Å². The van der Waals surface area contributed by atoms with Crippen LogP contribution in [0.2, 0.25) is 0 Å². The Morgan fingerprint density at radius 3 is 3.00 bits per heavy atom. The number of hydrogen-bond donors (Lipinski definition) is 0. The third kappa shape index (κ3) is 2.52. The van der Waals surface area contributed by atoms with Gasteiger partial charge >= 0.3 is 0 Å². The second-order valence-corrected chi connectivity index (χ2v) is 5.15. The summed E-state index contributed by atoms with van der Waals surface area (Å²) in [6, 6.07) is 1.68. The molecule has 0 aliphatic carbocycles. The Hall–Kier alpha value is -2.28. The van der Waals surface area contributed by atoms with Gasteiger partial charge in [0.2, 0.25) is 0 Å². The Balaban J connectivity index is 1.88. The molecule has 7 heteroatoms. The summed E-state index contributed by atoms with van der Waals surface area (Å²) in [5.41, 5.74) is 2.77. The van der Waals surface area contributed by atoms with Gasteiger partial charge in [-0.1, -0.05) is 0 Å². The summed E-state index contributed by atoms with van der Waals surface area (Å²) in [5, 5.41) is 11.8. The molecule has 0 spiro atoms. The molecule has 0 radical (unpaired) electrons. The van der Waals surface area contributed by atoms with Crippen LogP contribution in [-0.2, 0) is 18.3 Å². The number of ether oxygens (including phenoxy) is 1. The molecular formula is C14H17N5O2. The molecule has 2 aromatic heterocycles. The maximum atomic E-state index is 12.6. The Morgan fingerprint density at radius 2 is 2.29 bits per heavy atom. The Labute approximate surface area is 122 Å². The van der Waals surface area contributed by atoms with E-state index >= 15 is 0 Å². The number of aromatic nitrogens is 4. The molecule has 1 aliphatic rings. The molecule has 21 heavy (non-hydrogen) atoms. The van der Waals surface area contributed by atoms with Crippen LogP contribution in [0.25, 0.3) is 0 Å². The molecule has 0 N–H and O–H groups in total. The molecule has 7 nitrogen and oxygen atoms in total. The van der Waals surface area contributed by atoms with E-state index in [9.17, 15) is 4.79 Å². The minimum Gasteiger partial charge on any atom is -0.384 e. The van der Waals surface area contributed by atoms with Gasteiger partial charge < -0.3 is 9.64 Å². The number of nitrogens with zero attached hydrogens (tertiary/aromatic N) is 5.